The molecule has 298 valence electrons. The maximum absolute atomic E-state index is 14.4. The number of nitrogens with zero attached hydrogens (tertiary/aromatic N) is 1. The first kappa shape index (κ1) is 41.1. The molecular formula is C47H56BNO6SSi. The van der Waals surface area contributed by atoms with Crippen LogP contribution in [0.5, 0.6) is 5.75 Å². The summed E-state index contributed by atoms with van der Waals surface area (Å²) < 4.78 is 14.0. The maximum atomic E-state index is 14.4. The summed E-state index contributed by atoms with van der Waals surface area (Å²) >= 11 is 1.55. The lowest BCUT2D eigenvalue weighted by Gasteiger charge is -2.46. The molecule has 2 saturated heterocycles. The van der Waals surface area contributed by atoms with Crippen LogP contribution in [-0.2, 0) is 25.2 Å². The van der Waals surface area contributed by atoms with Gasteiger partial charge in [-0.3, -0.25) is 14.5 Å². The monoisotopic (exact) mass is 801 g/mol. The van der Waals surface area contributed by atoms with Crippen LogP contribution in [0.25, 0.3) is 6.08 Å². The normalized spacial score (nSPS) is 21.6. The van der Waals surface area contributed by atoms with Gasteiger partial charge in [-0.25, -0.2) is 0 Å². The molecule has 0 unspecified atom stereocenters. The Kier molecular flexibility index (Phi) is 12.3. The van der Waals surface area contributed by atoms with E-state index in [9.17, 15) is 19.7 Å². The van der Waals surface area contributed by atoms with E-state index in [-0.39, 0.29) is 35.6 Å². The largest absolute Gasteiger partial charge is 0.507 e. The molecule has 1 aromatic heterocycles. The second-order valence-electron chi connectivity index (χ2n) is 17.2. The summed E-state index contributed by atoms with van der Waals surface area (Å²) in [5.41, 5.74) is 6.05. The summed E-state index contributed by atoms with van der Waals surface area (Å²) in [5.74, 6) is -1.38. The molecular weight excluding hydrogens is 745 g/mol. The van der Waals surface area contributed by atoms with E-state index in [2.05, 4.69) is 82.3 Å². The standard InChI is InChI=1S/C47H56BNO6SSi/c1-7-15-33(26-34-24-31(2)44(50)32(3)25-34)21-22-41-42-35(30-54-57(47(4,5)6,37-17-10-8-11-18-37)38-19-12-9-13-20-38)27-39-43(40(42)28-48(53)55-41)46(52)49(45(39)51)29-36-16-14-23-56-36/h8-14,16-20,23-26,39-41,43,50,53H,7,15,21-22,27-30H2,1-6H3/b33-26+/t39-,40+,41-,43-/m1/s1. The Morgan fingerprint density at radius 2 is 1.60 bits per heavy atom. The Balaban J connectivity index is 1.30. The van der Waals surface area contributed by atoms with Crippen molar-refractivity contribution in [1.82, 2.24) is 4.90 Å². The number of allylic oxidation sites excluding steroid dienone is 1. The zero-order chi connectivity index (χ0) is 40.5. The number of aromatic hydroxyl groups is 1. The van der Waals surface area contributed by atoms with E-state index in [1.807, 2.05) is 55.6 Å². The lowest BCUT2D eigenvalue weighted by molar-refractivity contribution is -0.140. The van der Waals surface area contributed by atoms with E-state index in [0.29, 0.717) is 25.2 Å². The Labute approximate surface area is 343 Å². The first-order chi connectivity index (χ1) is 27.3. The summed E-state index contributed by atoms with van der Waals surface area (Å²) in [6.45, 7) is 13.4. The molecule has 7 rings (SSSR count). The molecule has 1 aliphatic carbocycles. The zero-order valence-electron chi connectivity index (χ0n) is 34.2. The van der Waals surface area contributed by atoms with E-state index in [4.69, 9.17) is 9.08 Å². The van der Waals surface area contributed by atoms with Crippen LogP contribution in [0.15, 0.2) is 107 Å². The molecule has 2 fully saturated rings. The number of carbonyl (C=O) groups excluding carboxylic acids is 2. The van der Waals surface area contributed by atoms with E-state index in [1.54, 1.807) is 11.3 Å². The predicted octanol–water partition coefficient (Wildman–Crippen LogP) is 8.61. The van der Waals surface area contributed by atoms with Gasteiger partial charge >= 0.3 is 7.12 Å². The fourth-order valence-electron chi connectivity index (χ4n) is 9.85. The number of hydrogen-bond acceptors (Lipinski definition) is 7. The molecule has 0 bridgehead atoms. The van der Waals surface area contributed by atoms with Crippen molar-refractivity contribution in [2.75, 3.05) is 6.61 Å². The van der Waals surface area contributed by atoms with Crippen LogP contribution < -0.4 is 10.4 Å². The van der Waals surface area contributed by atoms with E-state index in [1.165, 1.54) is 20.8 Å². The molecule has 2 amide bonds. The molecule has 2 N–H and O–H groups in total. The van der Waals surface area contributed by atoms with Crippen LogP contribution in [0.1, 0.15) is 81.4 Å². The highest BCUT2D eigenvalue weighted by Gasteiger charge is 2.58. The molecule has 4 aromatic rings. The van der Waals surface area contributed by atoms with Gasteiger partial charge in [-0.1, -0.05) is 112 Å². The lowest BCUT2D eigenvalue weighted by atomic mass is 9.58. The number of carbonyl (C=O) groups is 2. The Morgan fingerprint density at radius 3 is 2.18 bits per heavy atom. The maximum Gasteiger partial charge on any atom is 0.455 e. The van der Waals surface area contributed by atoms with Gasteiger partial charge < -0.3 is 19.2 Å². The van der Waals surface area contributed by atoms with Crippen LogP contribution in [0.4, 0.5) is 0 Å². The second-order valence-corrected chi connectivity index (χ2v) is 22.5. The van der Waals surface area contributed by atoms with E-state index < -0.39 is 33.4 Å². The number of fused-ring (bicyclic) bond motifs is 3. The van der Waals surface area contributed by atoms with Crippen LogP contribution in [0.3, 0.4) is 0 Å². The third kappa shape index (κ3) is 8.17. The number of aryl methyl sites for hydroxylation is 2. The van der Waals surface area contributed by atoms with Crippen molar-refractivity contribution in [2.24, 2.45) is 17.8 Å². The molecule has 3 heterocycles. The Morgan fingerprint density at radius 1 is 0.947 bits per heavy atom. The van der Waals surface area contributed by atoms with Crippen LogP contribution in [-0.4, -0.2) is 55.0 Å². The molecule has 3 aliphatic rings. The SMILES string of the molecule is CCC/C(=C\c1cc(C)c(O)c(C)c1)CC[C@H]1OB(O)C[C@H]2C1=C(CO[Si](c1ccccc1)(c1ccccc1)C(C)(C)C)C[C@H]1C(=O)N(Cc3cccs3)C(=O)[C@H]12. The molecule has 0 spiro atoms. The fourth-order valence-corrected chi connectivity index (χ4v) is 15.1. The van der Waals surface area contributed by atoms with Crippen LogP contribution in [0, 0.1) is 31.6 Å². The molecule has 57 heavy (non-hydrogen) atoms. The molecule has 7 nitrogen and oxygen atoms in total. The summed E-state index contributed by atoms with van der Waals surface area (Å²) in [6.07, 6.45) is 5.66. The quantitative estimate of drug-likeness (QED) is 0.0799. The smallest absolute Gasteiger partial charge is 0.455 e. The number of likely N-dealkylation sites (tertiary alicyclic amines) is 1. The minimum absolute atomic E-state index is 0.134. The number of benzene rings is 3. The number of amides is 2. The van der Waals surface area contributed by atoms with Crippen LogP contribution >= 0.6 is 11.3 Å². The van der Waals surface area contributed by atoms with Gasteiger partial charge in [0.1, 0.15) is 5.75 Å². The van der Waals surface area contributed by atoms with Crippen molar-refractivity contribution in [2.45, 2.75) is 97.7 Å². The minimum Gasteiger partial charge on any atom is -0.507 e. The summed E-state index contributed by atoms with van der Waals surface area (Å²) in [7, 11) is -4.02. The predicted molar refractivity (Wildman–Crippen MR) is 233 cm³/mol. The Bertz CT molecular complexity index is 2070. The third-order valence-corrected chi connectivity index (χ3v) is 18.2. The van der Waals surface area contributed by atoms with Gasteiger partial charge in [0.2, 0.25) is 11.8 Å². The second kappa shape index (κ2) is 17.0. The molecule has 2 aliphatic heterocycles. The van der Waals surface area contributed by atoms with E-state index >= 15 is 0 Å². The number of rotatable bonds is 13. The lowest BCUT2D eigenvalue weighted by Crippen LogP contribution is -2.66. The average molecular weight is 802 g/mol. The highest BCUT2D eigenvalue weighted by Crippen LogP contribution is 2.51. The van der Waals surface area contributed by atoms with Gasteiger partial charge in [0.25, 0.3) is 8.32 Å². The first-order valence-corrected chi connectivity index (χ1v) is 23.3. The van der Waals surface area contributed by atoms with Crippen molar-refractivity contribution in [3.05, 3.63) is 129 Å². The molecule has 0 saturated carbocycles. The molecule has 0 radical (unpaired) electrons. The van der Waals surface area contributed by atoms with Crippen molar-refractivity contribution in [3.8, 4) is 5.75 Å². The highest BCUT2D eigenvalue weighted by atomic mass is 32.1. The highest BCUT2D eigenvalue weighted by molar-refractivity contribution is 7.09. The van der Waals surface area contributed by atoms with Crippen molar-refractivity contribution >= 4 is 55.0 Å². The van der Waals surface area contributed by atoms with Gasteiger partial charge in [-0.2, -0.15) is 0 Å². The topological polar surface area (TPSA) is 96.3 Å². The summed E-state index contributed by atoms with van der Waals surface area (Å²) in [4.78, 5) is 31.2. The van der Waals surface area contributed by atoms with Gasteiger partial charge in [-0.15, -0.1) is 11.3 Å². The van der Waals surface area contributed by atoms with Gasteiger partial charge in [-0.05, 0) is 119 Å². The van der Waals surface area contributed by atoms with Gasteiger partial charge in [0, 0.05) is 4.88 Å². The fraction of sp³-hybridized carbons (Fsp3) is 0.404. The number of hydrogen-bond donors (Lipinski definition) is 2. The Hall–Kier alpha value is -4.06. The number of phenols is 1. The number of phenolic OH excluding ortho intramolecular Hbond substituents is 1. The van der Waals surface area contributed by atoms with Crippen LogP contribution in [0.2, 0.25) is 11.4 Å². The van der Waals surface area contributed by atoms with Gasteiger partial charge in [0.15, 0.2) is 0 Å². The number of thiophene rings is 1. The van der Waals surface area contributed by atoms with Crippen molar-refractivity contribution in [1.29, 1.82) is 0 Å². The van der Waals surface area contributed by atoms with Gasteiger partial charge in [0.05, 0.1) is 31.1 Å². The summed E-state index contributed by atoms with van der Waals surface area (Å²) in [6, 6.07) is 29.1. The van der Waals surface area contributed by atoms with Crippen molar-refractivity contribution < 1.29 is 28.8 Å². The average Bonchev–Trinajstić information content (AvgIpc) is 3.79. The molecule has 3 aromatic carbocycles. The summed E-state index contributed by atoms with van der Waals surface area (Å²) in [5, 5.41) is 25.9. The van der Waals surface area contributed by atoms with E-state index in [0.717, 1.165) is 52.0 Å². The molecule has 10 heteroatoms. The number of imide groups is 1. The van der Waals surface area contributed by atoms with Crippen molar-refractivity contribution in [3.63, 3.8) is 0 Å². The zero-order valence-corrected chi connectivity index (χ0v) is 36.0. The first-order valence-electron chi connectivity index (χ1n) is 20.5. The third-order valence-electron chi connectivity index (χ3n) is 12.4. The molecule has 4 atom stereocenters. The minimum atomic E-state index is -2.96.